The second-order valence-corrected chi connectivity index (χ2v) is 4.38. The van der Waals surface area contributed by atoms with Gasteiger partial charge in [-0.25, -0.2) is 4.39 Å². The van der Waals surface area contributed by atoms with E-state index < -0.39 is 0 Å². The molecule has 19 heavy (non-hydrogen) atoms. The maximum Gasteiger partial charge on any atom is 0.228 e. The van der Waals surface area contributed by atoms with E-state index in [0.29, 0.717) is 18.0 Å². The van der Waals surface area contributed by atoms with Crippen LogP contribution in [-0.2, 0) is 4.79 Å². The van der Waals surface area contributed by atoms with Crippen LogP contribution in [0.3, 0.4) is 0 Å². The predicted octanol–water partition coefficient (Wildman–Crippen LogP) is 2.19. The maximum absolute atomic E-state index is 13.0. The van der Waals surface area contributed by atoms with Crippen molar-refractivity contribution < 1.29 is 13.9 Å². The van der Waals surface area contributed by atoms with Crippen LogP contribution in [0.15, 0.2) is 18.2 Å². The van der Waals surface area contributed by atoms with Gasteiger partial charge < -0.3 is 15.4 Å². The molecule has 1 aromatic carbocycles. The number of nitrogens with one attached hydrogen (secondary N) is 2. The average molecular weight is 289 g/mol. The summed E-state index contributed by atoms with van der Waals surface area (Å²) in [5, 5.41) is 5.97. The lowest BCUT2D eigenvalue weighted by Crippen LogP contribution is -2.37. The molecule has 0 unspecified atom stereocenters. The Balaban J connectivity index is 0.00000180. The van der Waals surface area contributed by atoms with Crippen LogP contribution in [0.2, 0.25) is 0 Å². The van der Waals surface area contributed by atoms with Gasteiger partial charge in [0, 0.05) is 12.6 Å². The van der Waals surface area contributed by atoms with E-state index in [-0.39, 0.29) is 30.0 Å². The molecule has 0 aliphatic carbocycles. The third-order valence-corrected chi connectivity index (χ3v) is 3.09. The average Bonchev–Trinajstić information content (AvgIpc) is 2.41. The highest BCUT2D eigenvalue weighted by Crippen LogP contribution is 2.26. The molecule has 1 amide bonds. The van der Waals surface area contributed by atoms with Gasteiger partial charge in [-0.3, -0.25) is 4.79 Å². The second-order valence-electron chi connectivity index (χ2n) is 4.38. The zero-order valence-electron chi connectivity index (χ0n) is 10.7. The number of hydrogen-bond donors (Lipinski definition) is 2. The Morgan fingerprint density at radius 3 is 2.95 bits per heavy atom. The molecule has 1 fully saturated rings. The number of anilines is 1. The van der Waals surface area contributed by atoms with Crippen molar-refractivity contribution in [2.24, 2.45) is 5.92 Å². The number of ether oxygens (including phenoxy) is 1. The zero-order valence-corrected chi connectivity index (χ0v) is 11.6. The van der Waals surface area contributed by atoms with E-state index in [1.54, 1.807) is 0 Å². The smallest absolute Gasteiger partial charge is 0.228 e. The van der Waals surface area contributed by atoms with Gasteiger partial charge in [0.1, 0.15) is 11.6 Å². The van der Waals surface area contributed by atoms with Gasteiger partial charge in [-0.2, -0.15) is 0 Å². The van der Waals surface area contributed by atoms with Crippen LogP contribution in [0.5, 0.6) is 5.75 Å². The van der Waals surface area contributed by atoms with Gasteiger partial charge >= 0.3 is 0 Å². The molecule has 0 aromatic heterocycles. The Labute approximate surface area is 118 Å². The molecule has 0 bridgehead atoms. The standard InChI is InChI=1S/C13H17FN2O2.ClH/c1-18-12-7-10(14)4-5-11(12)16-13(17)9-3-2-6-15-8-9;/h4-5,7,9,15H,2-3,6,8H2,1H3,(H,16,17);1H/t9-;/m1./s1. The highest BCUT2D eigenvalue weighted by atomic mass is 35.5. The first-order valence-electron chi connectivity index (χ1n) is 6.06. The van der Waals surface area contributed by atoms with Crippen molar-refractivity contribution >= 4 is 24.0 Å². The second kappa shape index (κ2) is 7.31. The van der Waals surface area contributed by atoms with E-state index in [9.17, 15) is 9.18 Å². The monoisotopic (exact) mass is 288 g/mol. The van der Waals surface area contributed by atoms with E-state index in [2.05, 4.69) is 10.6 Å². The minimum Gasteiger partial charge on any atom is -0.494 e. The topological polar surface area (TPSA) is 50.4 Å². The molecule has 1 heterocycles. The van der Waals surface area contributed by atoms with Crippen LogP contribution in [-0.4, -0.2) is 26.1 Å². The summed E-state index contributed by atoms with van der Waals surface area (Å²) in [4.78, 5) is 12.0. The van der Waals surface area contributed by atoms with Gasteiger partial charge in [-0.1, -0.05) is 0 Å². The Bertz CT molecular complexity index is 437. The quantitative estimate of drug-likeness (QED) is 0.896. The molecule has 1 saturated heterocycles. The zero-order chi connectivity index (χ0) is 13.0. The van der Waals surface area contributed by atoms with Crippen molar-refractivity contribution in [1.82, 2.24) is 5.32 Å². The van der Waals surface area contributed by atoms with Gasteiger partial charge in [0.05, 0.1) is 18.7 Å². The minimum absolute atomic E-state index is 0. The molecule has 1 aliphatic rings. The van der Waals surface area contributed by atoms with Gasteiger partial charge in [0.2, 0.25) is 5.91 Å². The lowest BCUT2D eigenvalue weighted by molar-refractivity contribution is -0.120. The first kappa shape index (κ1) is 15.7. The predicted molar refractivity (Wildman–Crippen MR) is 74.4 cm³/mol. The van der Waals surface area contributed by atoms with E-state index in [4.69, 9.17) is 4.74 Å². The lowest BCUT2D eigenvalue weighted by Gasteiger charge is -2.22. The van der Waals surface area contributed by atoms with Crippen LogP contribution >= 0.6 is 12.4 Å². The summed E-state index contributed by atoms with van der Waals surface area (Å²) in [6, 6.07) is 4.08. The normalized spacial score (nSPS) is 18.3. The Morgan fingerprint density at radius 2 is 2.32 bits per heavy atom. The fraction of sp³-hybridized carbons (Fsp3) is 0.462. The molecule has 6 heteroatoms. The summed E-state index contributed by atoms with van der Waals surface area (Å²) in [5.74, 6) is -0.128. The minimum atomic E-state index is -0.385. The summed E-state index contributed by atoms with van der Waals surface area (Å²) in [6.45, 7) is 1.65. The highest BCUT2D eigenvalue weighted by Gasteiger charge is 2.21. The fourth-order valence-electron chi connectivity index (χ4n) is 2.08. The van der Waals surface area contributed by atoms with E-state index >= 15 is 0 Å². The van der Waals surface area contributed by atoms with Crippen LogP contribution < -0.4 is 15.4 Å². The number of amides is 1. The summed E-state index contributed by atoms with van der Waals surface area (Å²) >= 11 is 0. The number of carbonyl (C=O) groups is 1. The molecule has 1 aromatic rings. The first-order valence-corrected chi connectivity index (χ1v) is 6.06. The maximum atomic E-state index is 13.0. The van der Waals surface area contributed by atoms with Gasteiger partial charge in [0.25, 0.3) is 0 Å². The molecule has 4 nitrogen and oxygen atoms in total. The highest BCUT2D eigenvalue weighted by molar-refractivity contribution is 5.94. The fourth-order valence-corrected chi connectivity index (χ4v) is 2.08. The SMILES string of the molecule is COc1cc(F)ccc1NC(=O)[C@@H]1CCCNC1.Cl. The molecule has 1 aliphatic heterocycles. The largest absolute Gasteiger partial charge is 0.494 e. The summed E-state index contributed by atoms with van der Waals surface area (Å²) in [5.41, 5.74) is 0.509. The third-order valence-electron chi connectivity index (χ3n) is 3.09. The number of piperidine rings is 1. The molecule has 2 rings (SSSR count). The van der Waals surface area contributed by atoms with Crippen molar-refractivity contribution in [3.05, 3.63) is 24.0 Å². The molecule has 0 spiro atoms. The van der Waals surface area contributed by atoms with Crippen molar-refractivity contribution in [3.8, 4) is 5.75 Å². The lowest BCUT2D eigenvalue weighted by atomic mass is 9.99. The number of methoxy groups -OCH3 is 1. The van der Waals surface area contributed by atoms with Gasteiger partial charge in [-0.05, 0) is 31.5 Å². The molecule has 1 atom stereocenters. The number of halogens is 2. The number of benzene rings is 1. The van der Waals surface area contributed by atoms with Crippen LogP contribution in [0.1, 0.15) is 12.8 Å². The molecular formula is C13H18ClFN2O2. The number of hydrogen-bond acceptors (Lipinski definition) is 3. The van der Waals surface area contributed by atoms with E-state index in [1.807, 2.05) is 0 Å². The van der Waals surface area contributed by atoms with E-state index in [0.717, 1.165) is 19.4 Å². The van der Waals surface area contributed by atoms with Gasteiger partial charge in [0.15, 0.2) is 0 Å². The number of carbonyl (C=O) groups excluding carboxylic acids is 1. The molecule has 0 radical (unpaired) electrons. The third kappa shape index (κ3) is 4.08. The van der Waals surface area contributed by atoms with Crippen LogP contribution in [0.25, 0.3) is 0 Å². The summed E-state index contributed by atoms with van der Waals surface area (Å²) in [6.07, 6.45) is 1.88. The van der Waals surface area contributed by atoms with Gasteiger partial charge in [-0.15, -0.1) is 12.4 Å². The molecule has 106 valence electrons. The molecule has 2 N–H and O–H groups in total. The van der Waals surface area contributed by atoms with Crippen molar-refractivity contribution in [2.45, 2.75) is 12.8 Å². The van der Waals surface area contributed by atoms with Crippen molar-refractivity contribution in [3.63, 3.8) is 0 Å². The summed E-state index contributed by atoms with van der Waals surface area (Å²) in [7, 11) is 1.45. The Morgan fingerprint density at radius 1 is 1.53 bits per heavy atom. The molecular weight excluding hydrogens is 271 g/mol. The Kier molecular flexibility index (Phi) is 6.05. The van der Waals surface area contributed by atoms with Crippen LogP contribution in [0.4, 0.5) is 10.1 Å². The molecule has 0 saturated carbocycles. The number of rotatable bonds is 3. The van der Waals surface area contributed by atoms with Crippen molar-refractivity contribution in [1.29, 1.82) is 0 Å². The first-order chi connectivity index (χ1) is 8.70. The Hall–Kier alpha value is -1.33. The van der Waals surface area contributed by atoms with Crippen molar-refractivity contribution in [2.75, 3.05) is 25.5 Å². The van der Waals surface area contributed by atoms with E-state index in [1.165, 1.54) is 25.3 Å². The van der Waals surface area contributed by atoms with Crippen LogP contribution in [0, 0.1) is 11.7 Å². The summed E-state index contributed by atoms with van der Waals surface area (Å²) < 4.78 is 18.1.